The molecule has 0 aromatic carbocycles. The van der Waals surface area contributed by atoms with Gasteiger partial charge >= 0.3 is 5.97 Å². The molecule has 0 radical (unpaired) electrons. The van der Waals surface area contributed by atoms with Crippen molar-refractivity contribution in [2.24, 2.45) is 11.8 Å². The standard InChI is InChI=1S/C12H17BrO3S/c1-4-16-12(15)9(7(2)3)10(14)11-8(13)5-6-17-11/h5-7,9-10,14H,4H2,1-3H3. The minimum absolute atomic E-state index is 0.0260. The summed E-state index contributed by atoms with van der Waals surface area (Å²) in [5, 5.41) is 12.2. The molecular weight excluding hydrogens is 304 g/mol. The van der Waals surface area contributed by atoms with E-state index >= 15 is 0 Å². The van der Waals surface area contributed by atoms with E-state index in [9.17, 15) is 9.90 Å². The Labute approximate surface area is 114 Å². The number of rotatable bonds is 5. The average Bonchev–Trinajstić information content (AvgIpc) is 2.64. The topological polar surface area (TPSA) is 46.5 Å². The Hall–Kier alpha value is -0.390. The van der Waals surface area contributed by atoms with Crippen molar-refractivity contribution in [2.75, 3.05) is 6.61 Å². The maximum atomic E-state index is 11.8. The van der Waals surface area contributed by atoms with Crippen LogP contribution in [0.4, 0.5) is 0 Å². The Bertz CT molecular complexity index is 376. The van der Waals surface area contributed by atoms with Crippen LogP contribution in [0.1, 0.15) is 31.8 Å². The first-order valence-electron chi connectivity index (χ1n) is 5.56. The molecule has 0 aliphatic carbocycles. The first-order chi connectivity index (χ1) is 7.99. The smallest absolute Gasteiger partial charge is 0.312 e. The van der Waals surface area contributed by atoms with Gasteiger partial charge in [-0.05, 0) is 40.2 Å². The van der Waals surface area contributed by atoms with Gasteiger partial charge in [0.15, 0.2) is 0 Å². The number of hydrogen-bond donors (Lipinski definition) is 1. The van der Waals surface area contributed by atoms with Crippen LogP contribution in [0.2, 0.25) is 0 Å². The van der Waals surface area contributed by atoms with Gasteiger partial charge in [-0.2, -0.15) is 0 Å². The fourth-order valence-electron chi connectivity index (χ4n) is 1.68. The van der Waals surface area contributed by atoms with Gasteiger partial charge in [0.05, 0.1) is 12.5 Å². The fraction of sp³-hybridized carbons (Fsp3) is 0.583. The molecule has 0 saturated heterocycles. The maximum Gasteiger partial charge on any atom is 0.312 e. The highest BCUT2D eigenvalue weighted by Crippen LogP contribution is 2.36. The van der Waals surface area contributed by atoms with Gasteiger partial charge in [0.25, 0.3) is 0 Å². The van der Waals surface area contributed by atoms with Crippen LogP contribution in [-0.4, -0.2) is 17.7 Å². The molecule has 1 rings (SSSR count). The van der Waals surface area contributed by atoms with Crippen molar-refractivity contribution in [3.8, 4) is 0 Å². The van der Waals surface area contributed by atoms with Crippen molar-refractivity contribution in [1.82, 2.24) is 0 Å². The SMILES string of the molecule is CCOC(=O)C(C(C)C)C(O)c1sccc1Br. The lowest BCUT2D eigenvalue weighted by Gasteiger charge is -2.24. The molecule has 1 heterocycles. The number of aliphatic hydroxyl groups is 1. The van der Waals surface area contributed by atoms with Crippen LogP contribution in [0.5, 0.6) is 0 Å². The Morgan fingerprint density at radius 2 is 2.24 bits per heavy atom. The molecule has 0 amide bonds. The van der Waals surface area contributed by atoms with Crippen LogP contribution in [0.15, 0.2) is 15.9 Å². The summed E-state index contributed by atoms with van der Waals surface area (Å²) < 4.78 is 5.85. The van der Waals surface area contributed by atoms with E-state index < -0.39 is 12.0 Å². The number of thiophene rings is 1. The number of ether oxygens (including phenoxy) is 1. The number of halogens is 1. The largest absolute Gasteiger partial charge is 0.466 e. The molecule has 3 nitrogen and oxygen atoms in total. The number of aliphatic hydroxyl groups excluding tert-OH is 1. The van der Waals surface area contributed by atoms with Gasteiger partial charge in [0.2, 0.25) is 0 Å². The molecule has 1 N–H and O–H groups in total. The van der Waals surface area contributed by atoms with Crippen LogP contribution in [-0.2, 0) is 9.53 Å². The lowest BCUT2D eigenvalue weighted by molar-refractivity contribution is -0.154. The number of esters is 1. The lowest BCUT2D eigenvalue weighted by atomic mass is 9.89. The van der Waals surface area contributed by atoms with E-state index in [4.69, 9.17) is 4.74 Å². The maximum absolute atomic E-state index is 11.8. The molecule has 96 valence electrons. The fourth-order valence-corrected chi connectivity index (χ4v) is 3.32. The third kappa shape index (κ3) is 3.53. The molecule has 17 heavy (non-hydrogen) atoms. The Morgan fingerprint density at radius 3 is 2.65 bits per heavy atom. The van der Waals surface area contributed by atoms with Crippen molar-refractivity contribution in [2.45, 2.75) is 26.9 Å². The molecule has 5 heteroatoms. The van der Waals surface area contributed by atoms with E-state index in [2.05, 4.69) is 15.9 Å². The first-order valence-corrected chi connectivity index (χ1v) is 7.23. The molecule has 1 aromatic heterocycles. The summed E-state index contributed by atoms with van der Waals surface area (Å²) in [6.45, 7) is 5.92. The lowest BCUT2D eigenvalue weighted by Crippen LogP contribution is -2.28. The van der Waals surface area contributed by atoms with Crippen LogP contribution in [0.3, 0.4) is 0 Å². The zero-order valence-corrected chi connectivity index (χ0v) is 12.5. The van der Waals surface area contributed by atoms with E-state index in [0.717, 1.165) is 9.35 Å². The zero-order valence-electron chi connectivity index (χ0n) is 10.1. The van der Waals surface area contributed by atoms with Gasteiger partial charge in [-0.25, -0.2) is 0 Å². The van der Waals surface area contributed by atoms with Crippen LogP contribution in [0, 0.1) is 11.8 Å². The first kappa shape index (κ1) is 14.7. The molecular formula is C12H17BrO3S. The minimum Gasteiger partial charge on any atom is -0.466 e. The van der Waals surface area contributed by atoms with Crippen molar-refractivity contribution >= 4 is 33.2 Å². The molecule has 0 aliphatic heterocycles. The number of carbonyl (C=O) groups excluding carboxylic acids is 1. The van der Waals surface area contributed by atoms with E-state index in [0.29, 0.717) is 6.61 Å². The van der Waals surface area contributed by atoms with Crippen LogP contribution < -0.4 is 0 Å². The highest BCUT2D eigenvalue weighted by Gasteiger charge is 2.33. The molecule has 0 saturated carbocycles. The summed E-state index contributed by atoms with van der Waals surface area (Å²) in [5.74, 6) is -0.835. The van der Waals surface area contributed by atoms with Crippen molar-refractivity contribution in [3.05, 3.63) is 20.8 Å². The van der Waals surface area contributed by atoms with E-state index in [1.54, 1.807) is 6.92 Å². The molecule has 0 fully saturated rings. The molecule has 0 aliphatic rings. The third-order valence-electron chi connectivity index (χ3n) is 2.53. The zero-order chi connectivity index (χ0) is 13.0. The molecule has 1 aromatic rings. The summed E-state index contributed by atoms with van der Waals surface area (Å²) in [6, 6.07) is 1.87. The molecule has 2 atom stereocenters. The van der Waals surface area contributed by atoms with Crippen LogP contribution >= 0.6 is 27.3 Å². The van der Waals surface area contributed by atoms with E-state index in [1.807, 2.05) is 25.3 Å². The quantitative estimate of drug-likeness (QED) is 0.846. The summed E-state index contributed by atoms with van der Waals surface area (Å²) in [6.07, 6.45) is -0.816. The highest BCUT2D eigenvalue weighted by atomic mass is 79.9. The summed E-state index contributed by atoms with van der Waals surface area (Å²) >= 11 is 4.80. The number of hydrogen-bond acceptors (Lipinski definition) is 4. The highest BCUT2D eigenvalue weighted by molar-refractivity contribution is 9.10. The molecule has 0 bridgehead atoms. The van der Waals surface area contributed by atoms with Gasteiger partial charge in [-0.15, -0.1) is 11.3 Å². The third-order valence-corrected chi connectivity index (χ3v) is 4.47. The second kappa shape index (κ2) is 6.52. The monoisotopic (exact) mass is 320 g/mol. The van der Waals surface area contributed by atoms with E-state index in [1.165, 1.54) is 11.3 Å². The van der Waals surface area contributed by atoms with Gasteiger partial charge in [-0.3, -0.25) is 4.79 Å². The summed E-state index contributed by atoms with van der Waals surface area (Å²) in [7, 11) is 0. The predicted molar refractivity (Wildman–Crippen MR) is 71.9 cm³/mol. The number of carbonyl (C=O) groups is 1. The van der Waals surface area contributed by atoms with Crippen LogP contribution in [0.25, 0.3) is 0 Å². The normalized spacial score (nSPS) is 14.7. The van der Waals surface area contributed by atoms with E-state index in [-0.39, 0.29) is 11.9 Å². The van der Waals surface area contributed by atoms with Gasteiger partial charge in [0.1, 0.15) is 6.10 Å². The second-order valence-electron chi connectivity index (χ2n) is 4.10. The Balaban J connectivity index is 2.92. The van der Waals surface area contributed by atoms with Crippen molar-refractivity contribution < 1.29 is 14.6 Å². The van der Waals surface area contributed by atoms with Gasteiger partial charge in [-0.1, -0.05) is 13.8 Å². The van der Waals surface area contributed by atoms with Crippen molar-refractivity contribution in [1.29, 1.82) is 0 Å². The molecule has 2 unspecified atom stereocenters. The Morgan fingerprint density at radius 1 is 1.59 bits per heavy atom. The predicted octanol–water partition coefficient (Wildman–Crippen LogP) is 3.38. The van der Waals surface area contributed by atoms with Gasteiger partial charge in [0, 0.05) is 9.35 Å². The van der Waals surface area contributed by atoms with Gasteiger partial charge < -0.3 is 9.84 Å². The second-order valence-corrected chi connectivity index (χ2v) is 5.90. The summed E-state index contributed by atoms with van der Waals surface area (Å²) in [4.78, 5) is 12.6. The Kier molecular flexibility index (Phi) is 5.62. The molecule has 0 spiro atoms. The minimum atomic E-state index is -0.816. The average molecular weight is 321 g/mol. The summed E-state index contributed by atoms with van der Waals surface area (Å²) in [5.41, 5.74) is 0. The van der Waals surface area contributed by atoms with Crippen molar-refractivity contribution in [3.63, 3.8) is 0 Å².